The molecule has 0 aliphatic carbocycles. The lowest BCUT2D eigenvalue weighted by atomic mass is 9.96. The van der Waals surface area contributed by atoms with Crippen molar-refractivity contribution in [1.29, 1.82) is 0 Å². The summed E-state index contributed by atoms with van der Waals surface area (Å²) in [7, 11) is -4.67. The maximum atomic E-state index is 8.74. The van der Waals surface area contributed by atoms with Gasteiger partial charge in [0.05, 0.1) is 0 Å². The largest absolute Gasteiger partial charge is 0.394 e. The van der Waals surface area contributed by atoms with Gasteiger partial charge in [0.25, 0.3) is 0 Å². The zero-order valence-electron chi connectivity index (χ0n) is 17.6. The van der Waals surface area contributed by atoms with Crippen LogP contribution >= 0.6 is 0 Å². The lowest BCUT2D eigenvalue weighted by molar-refractivity contribution is 0.0598. The van der Waals surface area contributed by atoms with E-state index in [0.29, 0.717) is 0 Å². The monoisotopic (exact) mass is 396 g/mol. The summed E-state index contributed by atoms with van der Waals surface area (Å²) in [6.45, 7) is 11.2. The van der Waals surface area contributed by atoms with Crippen LogP contribution in [0.2, 0.25) is 0 Å². The van der Waals surface area contributed by atoms with Crippen LogP contribution in [0.3, 0.4) is 0 Å². The third-order valence-corrected chi connectivity index (χ3v) is 4.53. The van der Waals surface area contributed by atoms with Gasteiger partial charge in [-0.1, -0.05) is 79.1 Å². The fourth-order valence-corrected chi connectivity index (χ4v) is 3.21. The van der Waals surface area contributed by atoms with Crippen LogP contribution in [-0.4, -0.2) is 30.7 Å². The molecule has 160 valence electrons. The van der Waals surface area contributed by atoms with E-state index in [-0.39, 0.29) is 0 Å². The Morgan fingerprint density at radius 3 is 1.27 bits per heavy atom. The van der Waals surface area contributed by atoms with Crippen LogP contribution in [0.1, 0.15) is 105 Å². The molecule has 0 aromatic heterocycles. The number of unbranched alkanes of at least 4 members (excludes halogenated alkanes) is 4. The van der Waals surface area contributed by atoms with E-state index in [1.54, 1.807) is 0 Å². The molecule has 0 aliphatic heterocycles. The summed E-state index contributed by atoms with van der Waals surface area (Å²) in [6, 6.07) is 0. The molecule has 0 rings (SSSR count). The van der Waals surface area contributed by atoms with Crippen molar-refractivity contribution in [2.45, 2.75) is 105 Å². The van der Waals surface area contributed by atoms with Crippen LogP contribution in [0.5, 0.6) is 0 Å². The molecule has 0 spiro atoms. The first kappa shape index (κ1) is 28.0. The van der Waals surface area contributed by atoms with Gasteiger partial charge in [0.2, 0.25) is 0 Å². The minimum Gasteiger partial charge on any atom is -0.381 e. The summed E-state index contributed by atoms with van der Waals surface area (Å²) < 4.78 is 37.7. The van der Waals surface area contributed by atoms with Crippen LogP contribution in [0, 0.1) is 11.8 Å². The summed E-state index contributed by atoms with van der Waals surface area (Å²) in [4.78, 5) is 0. The normalized spacial score (nSPS) is 13.8. The second kappa shape index (κ2) is 19.6. The van der Waals surface area contributed by atoms with Crippen molar-refractivity contribution >= 4 is 10.4 Å². The van der Waals surface area contributed by atoms with Crippen LogP contribution < -0.4 is 0 Å². The molecule has 2 N–H and O–H groups in total. The molecule has 2 unspecified atom stereocenters. The average Bonchev–Trinajstić information content (AvgIpc) is 2.53. The van der Waals surface area contributed by atoms with E-state index < -0.39 is 10.4 Å². The Labute approximate surface area is 162 Å². The highest BCUT2D eigenvalue weighted by Gasteiger charge is 2.11. The van der Waals surface area contributed by atoms with Gasteiger partial charge in [-0.05, 0) is 37.5 Å². The van der Waals surface area contributed by atoms with Crippen molar-refractivity contribution in [3.8, 4) is 0 Å². The minimum atomic E-state index is -4.67. The lowest BCUT2D eigenvalue weighted by Gasteiger charge is -2.20. The van der Waals surface area contributed by atoms with Crippen molar-refractivity contribution in [3.63, 3.8) is 0 Å². The molecule has 0 saturated carbocycles. The molecule has 0 bridgehead atoms. The highest BCUT2D eigenvalue weighted by atomic mass is 32.3. The van der Waals surface area contributed by atoms with Crippen LogP contribution in [0.4, 0.5) is 0 Å². The van der Waals surface area contributed by atoms with Gasteiger partial charge in [-0.25, -0.2) is 0 Å². The van der Waals surface area contributed by atoms with Crippen LogP contribution in [0.25, 0.3) is 0 Å². The van der Waals surface area contributed by atoms with Gasteiger partial charge >= 0.3 is 10.4 Å². The molecular formula is C20H44O5S. The smallest absolute Gasteiger partial charge is 0.381 e. The van der Waals surface area contributed by atoms with Crippen LogP contribution in [0.15, 0.2) is 0 Å². The van der Waals surface area contributed by atoms with Crippen molar-refractivity contribution < 1.29 is 22.3 Å². The van der Waals surface area contributed by atoms with Crippen molar-refractivity contribution in [1.82, 2.24) is 0 Å². The standard InChI is InChI=1S/C20H42O.H2O4S/c1-5-9-11-15-19(13-7-3)17-21-18-20(14-8-4)16-12-10-6-2;1-5(2,3)4/h19-20H,5-18H2,1-4H3;(H2,1,2,3,4). The third-order valence-electron chi connectivity index (χ3n) is 4.53. The van der Waals surface area contributed by atoms with Gasteiger partial charge in [0, 0.05) is 13.2 Å². The van der Waals surface area contributed by atoms with E-state index in [1.165, 1.54) is 77.0 Å². The first-order valence-electron chi connectivity index (χ1n) is 10.6. The Morgan fingerprint density at radius 2 is 1.00 bits per heavy atom. The Balaban J connectivity index is 0. The molecular weight excluding hydrogens is 352 g/mol. The third kappa shape index (κ3) is 26.1. The van der Waals surface area contributed by atoms with Crippen LogP contribution in [-0.2, 0) is 15.1 Å². The molecule has 0 saturated heterocycles. The van der Waals surface area contributed by atoms with Gasteiger partial charge < -0.3 is 4.74 Å². The van der Waals surface area contributed by atoms with Gasteiger partial charge in [-0.3, -0.25) is 9.11 Å². The van der Waals surface area contributed by atoms with E-state index in [0.717, 1.165) is 25.0 Å². The summed E-state index contributed by atoms with van der Waals surface area (Å²) >= 11 is 0. The van der Waals surface area contributed by atoms with Crippen molar-refractivity contribution in [2.24, 2.45) is 11.8 Å². The summed E-state index contributed by atoms with van der Waals surface area (Å²) in [5.74, 6) is 1.61. The fourth-order valence-electron chi connectivity index (χ4n) is 3.21. The predicted octanol–water partition coefficient (Wildman–Crippen LogP) is 6.34. The van der Waals surface area contributed by atoms with E-state index in [9.17, 15) is 0 Å². The molecule has 0 aromatic rings. The lowest BCUT2D eigenvalue weighted by Crippen LogP contribution is -2.15. The zero-order chi connectivity index (χ0) is 20.3. The number of hydrogen-bond donors (Lipinski definition) is 2. The number of rotatable bonds is 16. The minimum absolute atomic E-state index is 0.805. The molecule has 0 radical (unpaired) electrons. The van der Waals surface area contributed by atoms with Crippen molar-refractivity contribution in [3.05, 3.63) is 0 Å². The van der Waals surface area contributed by atoms with E-state index in [2.05, 4.69) is 27.7 Å². The maximum absolute atomic E-state index is 8.74. The first-order valence-corrected chi connectivity index (χ1v) is 12.0. The van der Waals surface area contributed by atoms with Gasteiger partial charge in [-0.15, -0.1) is 0 Å². The molecule has 0 heterocycles. The Morgan fingerprint density at radius 1 is 0.654 bits per heavy atom. The quantitative estimate of drug-likeness (QED) is 0.235. The fraction of sp³-hybridized carbons (Fsp3) is 1.00. The molecule has 0 aliphatic rings. The Hall–Kier alpha value is -0.170. The SMILES string of the molecule is CCCCCC(CCC)COCC(CCC)CCCCC.O=S(=O)(O)O. The van der Waals surface area contributed by atoms with Crippen molar-refractivity contribution in [2.75, 3.05) is 13.2 Å². The topological polar surface area (TPSA) is 83.8 Å². The van der Waals surface area contributed by atoms with E-state index in [1.807, 2.05) is 0 Å². The Bertz CT molecular complexity index is 342. The Kier molecular flexibility index (Phi) is 21.1. The van der Waals surface area contributed by atoms with Gasteiger partial charge in [-0.2, -0.15) is 8.42 Å². The molecule has 5 nitrogen and oxygen atoms in total. The first-order chi connectivity index (χ1) is 12.3. The predicted molar refractivity (Wildman–Crippen MR) is 110 cm³/mol. The second-order valence-electron chi connectivity index (χ2n) is 7.29. The average molecular weight is 397 g/mol. The highest BCUT2D eigenvalue weighted by Crippen LogP contribution is 2.19. The van der Waals surface area contributed by atoms with Gasteiger partial charge in [0.15, 0.2) is 0 Å². The van der Waals surface area contributed by atoms with E-state index in [4.69, 9.17) is 22.3 Å². The molecule has 2 atom stereocenters. The summed E-state index contributed by atoms with van der Waals surface area (Å²) in [5.41, 5.74) is 0. The van der Waals surface area contributed by atoms with Gasteiger partial charge in [0.1, 0.15) is 0 Å². The molecule has 0 amide bonds. The molecule has 26 heavy (non-hydrogen) atoms. The molecule has 6 heteroatoms. The summed E-state index contributed by atoms with van der Waals surface area (Å²) in [5, 5.41) is 0. The molecule has 0 aromatic carbocycles. The van der Waals surface area contributed by atoms with E-state index >= 15 is 0 Å². The summed E-state index contributed by atoms with van der Waals surface area (Å²) in [6.07, 6.45) is 16.2. The highest BCUT2D eigenvalue weighted by molar-refractivity contribution is 7.79. The maximum Gasteiger partial charge on any atom is 0.394 e. The zero-order valence-corrected chi connectivity index (χ0v) is 18.4. The molecule has 0 fully saturated rings. The number of hydrogen-bond acceptors (Lipinski definition) is 3. The second-order valence-corrected chi connectivity index (χ2v) is 8.18. The number of ether oxygens (including phenoxy) is 1.